The van der Waals surface area contributed by atoms with Crippen molar-refractivity contribution in [2.45, 2.75) is 39.0 Å². The van der Waals surface area contributed by atoms with Crippen LogP contribution in [0.15, 0.2) is 48.5 Å². The van der Waals surface area contributed by atoms with E-state index in [-0.39, 0.29) is 26.4 Å². The number of hydrogen-bond donors (Lipinski definition) is 0. The van der Waals surface area contributed by atoms with Crippen molar-refractivity contribution in [3.8, 4) is 0 Å². The molecule has 0 N–H and O–H groups in total. The zero-order valence-electron chi connectivity index (χ0n) is 17.7. The molecule has 0 aromatic heterocycles. The van der Waals surface area contributed by atoms with Crippen molar-refractivity contribution < 1.29 is 23.2 Å². The van der Waals surface area contributed by atoms with Crippen LogP contribution in [0, 0.1) is 0 Å². The number of nitrogens with zero attached hydrogens (tertiary/aromatic N) is 1. The molecule has 1 unspecified atom stereocenters. The van der Waals surface area contributed by atoms with Crippen LogP contribution in [0.25, 0.3) is 0 Å². The van der Waals surface area contributed by atoms with Crippen molar-refractivity contribution >= 4 is 37.2 Å². The SMILES string of the molecule is CCOP(=O)(OCC)C(CCN(C=O)OCc1ccccc1)Cc1ccc(Cl)c(Cl)c1. The first-order valence-corrected chi connectivity index (χ1v) is 12.5. The molecule has 170 valence electrons. The van der Waals surface area contributed by atoms with E-state index in [1.807, 2.05) is 36.4 Å². The van der Waals surface area contributed by atoms with Gasteiger partial charge in [-0.1, -0.05) is 59.6 Å². The van der Waals surface area contributed by atoms with Gasteiger partial charge >= 0.3 is 7.60 Å². The van der Waals surface area contributed by atoms with Crippen LogP contribution in [0.3, 0.4) is 0 Å². The molecular formula is C22H28Cl2NO5P. The van der Waals surface area contributed by atoms with E-state index in [0.29, 0.717) is 29.3 Å². The summed E-state index contributed by atoms with van der Waals surface area (Å²) in [4.78, 5) is 17.1. The van der Waals surface area contributed by atoms with Gasteiger partial charge in [-0.15, -0.1) is 0 Å². The monoisotopic (exact) mass is 487 g/mol. The van der Waals surface area contributed by atoms with E-state index in [0.717, 1.165) is 11.1 Å². The molecule has 31 heavy (non-hydrogen) atoms. The zero-order chi connectivity index (χ0) is 22.7. The van der Waals surface area contributed by atoms with E-state index in [4.69, 9.17) is 37.1 Å². The molecule has 0 saturated heterocycles. The highest BCUT2D eigenvalue weighted by molar-refractivity contribution is 7.54. The van der Waals surface area contributed by atoms with Gasteiger partial charge in [0.05, 0.1) is 28.9 Å². The summed E-state index contributed by atoms with van der Waals surface area (Å²) in [6, 6.07) is 14.8. The van der Waals surface area contributed by atoms with Gasteiger partial charge in [-0.05, 0) is 49.9 Å². The summed E-state index contributed by atoms with van der Waals surface area (Å²) in [6.07, 6.45) is 1.36. The van der Waals surface area contributed by atoms with E-state index >= 15 is 0 Å². The highest BCUT2D eigenvalue weighted by Crippen LogP contribution is 2.55. The molecule has 2 aromatic carbocycles. The molecule has 0 saturated carbocycles. The lowest BCUT2D eigenvalue weighted by Crippen LogP contribution is -2.28. The maximum atomic E-state index is 13.5. The molecule has 0 bridgehead atoms. The molecule has 0 fully saturated rings. The second-order valence-electron chi connectivity index (χ2n) is 6.78. The van der Waals surface area contributed by atoms with Gasteiger partial charge in [-0.3, -0.25) is 14.2 Å². The maximum absolute atomic E-state index is 13.5. The minimum atomic E-state index is -3.44. The zero-order valence-corrected chi connectivity index (χ0v) is 20.1. The third kappa shape index (κ3) is 8.23. The van der Waals surface area contributed by atoms with Gasteiger partial charge in [-0.2, -0.15) is 0 Å². The molecule has 0 aliphatic heterocycles. The Bertz CT molecular complexity index is 858. The number of hydrogen-bond acceptors (Lipinski definition) is 5. The minimum Gasteiger partial charge on any atom is -0.309 e. The Morgan fingerprint density at radius 3 is 2.26 bits per heavy atom. The average Bonchev–Trinajstić information content (AvgIpc) is 2.76. The summed E-state index contributed by atoms with van der Waals surface area (Å²) < 4.78 is 24.7. The molecule has 1 atom stereocenters. The maximum Gasteiger partial charge on any atom is 0.334 e. The second-order valence-corrected chi connectivity index (χ2v) is 9.92. The van der Waals surface area contributed by atoms with Crippen LogP contribution >= 0.6 is 30.8 Å². The smallest absolute Gasteiger partial charge is 0.309 e. The van der Waals surface area contributed by atoms with Crippen LogP contribution in [-0.4, -0.2) is 36.9 Å². The highest BCUT2D eigenvalue weighted by Gasteiger charge is 2.35. The molecule has 9 heteroatoms. The second kappa shape index (κ2) is 13.2. The molecular weight excluding hydrogens is 460 g/mol. The topological polar surface area (TPSA) is 65.1 Å². The van der Waals surface area contributed by atoms with E-state index < -0.39 is 13.3 Å². The summed E-state index contributed by atoms with van der Waals surface area (Å²) >= 11 is 12.2. The van der Waals surface area contributed by atoms with Gasteiger partial charge in [0.2, 0.25) is 6.41 Å². The number of rotatable bonds is 14. The highest BCUT2D eigenvalue weighted by atomic mass is 35.5. The summed E-state index contributed by atoms with van der Waals surface area (Å²) in [5.41, 5.74) is 1.30. The van der Waals surface area contributed by atoms with Gasteiger partial charge in [0.25, 0.3) is 0 Å². The lowest BCUT2D eigenvalue weighted by Gasteiger charge is -2.28. The van der Waals surface area contributed by atoms with E-state index in [1.54, 1.807) is 26.0 Å². The normalized spacial score (nSPS) is 12.5. The van der Waals surface area contributed by atoms with Crippen LogP contribution in [0.5, 0.6) is 0 Å². The molecule has 1 amide bonds. The Kier molecular flexibility index (Phi) is 11.0. The van der Waals surface area contributed by atoms with Gasteiger partial charge in [0.15, 0.2) is 0 Å². The summed E-state index contributed by atoms with van der Waals surface area (Å²) in [7, 11) is -3.44. The number of benzene rings is 2. The molecule has 2 aromatic rings. The van der Waals surface area contributed by atoms with Crippen LogP contribution < -0.4 is 0 Å². The minimum absolute atomic E-state index is 0.229. The van der Waals surface area contributed by atoms with Crippen LogP contribution in [0.4, 0.5) is 0 Å². The van der Waals surface area contributed by atoms with Crippen LogP contribution in [0.2, 0.25) is 10.0 Å². The largest absolute Gasteiger partial charge is 0.334 e. The molecule has 0 heterocycles. The molecule has 0 radical (unpaired) electrons. The predicted octanol–water partition coefficient (Wildman–Crippen LogP) is 6.15. The van der Waals surface area contributed by atoms with Gasteiger partial charge in [0.1, 0.15) is 6.61 Å². The lowest BCUT2D eigenvalue weighted by atomic mass is 10.1. The van der Waals surface area contributed by atoms with E-state index in [9.17, 15) is 9.36 Å². The quantitative estimate of drug-likeness (QED) is 0.181. The standard InChI is InChI=1S/C22H28Cl2NO5P/c1-3-29-31(27,30-4-2)20(14-19-10-11-21(23)22(24)15-19)12-13-25(17-26)28-16-18-8-6-5-7-9-18/h5-11,15,17,20H,3-4,12-14,16H2,1-2H3. The fraction of sp³-hybridized carbons (Fsp3) is 0.409. The molecule has 2 rings (SSSR count). The van der Waals surface area contributed by atoms with Gasteiger partial charge < -0.3 is 9.05 Å². The molecule has 0 aliphatic carbocycles. The average molecular weight is 488 g/mol. The van der Waals surface area contributed by atoms with Crippen molar-refractivity contribution in [2.75, 3.05) is 19.8 Å². The lowest BCUT2D eigenvalue weighted by molar-refractivity contribution is -0.177. The molecule has 0 aliphatic rings. The van der Waals surface area contributed by atoms with Crippen molar-refractivity contribution in [2.24, 2.45) is 0 Å². The van der Waals surface area contributed by atoms with Gasteiger partial charge in [0, 0.05) is 6.54 Å². The van der Waals surface area contributed by atoms with Crippen molar-refractivity contribution in [3.63, 3.8) is 0 Å². The van der Waals surface area contributed by atoms with E-state index in [2.05, 4.69) is 0 Å². The third-order valence-corrected chi connectivity index (χ3v) is 7.87. The fourth-order valence-corrected chi connectivity index (χ4v) is 5.48. The number of hydroxylamine groups is 2. The molecule has 0 spiro atoms. The van der Waals surface area contributed by atoms with Crippen molar-refractivity contribution in [3.05, 3.63) is 69.7 Å². The Morgan fingerprint density at radius 2 is 1.68 bits per heavy atom. The summed E-state index contributed by atoms with van der Waals surface area (Å²) in [6.45, 7) is 4.51. The van der Waals surface area contributed by atoms with Crippen molar-refractivity contribution in [1.29, 1.82) is 0 Å². The Balaban J connectivity index is 2.13. The Morgan fingerprint density at radius 1 is 1.00 bits per heavy atom. The Labute approximate surface area is 193 Å². The predicted molar refractivity (Wildman–Crippen MR) is 123 cm³/mol. The number of carbonyl (C=O) groups is 1. The first-order valence-electron chi connectivity index (χ1n) is 10.1. The summed E-state index contributed by atoms with van der Waals surface area (Å²) in [5, 5.41) is 2.07. The summed E-state index contributed by atoms with van der Waals surface area (Å²) in [5.74, 6) is 0. The number of halogens is 2. The number of carbonyl (C=O) groups excluding carboxylic acids is 1. The Hall–Kier alpha value is -1.40. The number of amides is 1. The third-order valence-electron chi connectivity index (χ3n) is 4.56. The first-order chi connectivity index (χ1) is 14.9. The van der Waals surface area contributed by atoms with Crippen LogP contribution in [-0.2, 0) is 36.3 Å². The fourth-order valence-electron chi connectivity index (χ4n) is 3.07. The van der Waals surface area contributed by atoms with Crippen molar-refractivity contribution in [1.82, 2.24) is 5.06 Å². The van der Waals surface area contributed by atoms with E-state index in [1.165, 1.54) is 5.06 Å². The van der Waals surface area contributed by atoms with Gasteiger partial charge in [-0.25, -0.2) is 5.06 Å². The van der Waals surface area contributed by atoms with Crippen LogP contribution in [0.1, 0.15) is 31.4 Å². The first kappa shape index (κ1) is 25.9. The molecule has 6 nitrogen and oxygen atoms in total.